The Bertz CT molecular complexity index is 776. The number of likely N-dealkylation sites (tertiary alicyclic amines) is 1. The molecule has 0 bridgehead atoms. The maximum atomic E-state index is 13.5. The Balaban J connectivity index is 2.04. The molecule has 1 aliphatic rings. The van der Waals surface area contributed by atoms with E-state index >= 15 is 0 Å². The Morgan fingerprint density at radius 2 is 1.88 bits per heavy atom. The van der Waals surface area contributed by atoms with Crippen molar-refractivity contribution in [2.45, 2.75) is 38.9 Å². The van der Waals surface area contributed by atoms with Gasteiger partial charge in [0.15, 0.2) is 0 Å². The molecule has 0 radical (unpaired) electrons. The maximum absolute atomic E-state index is 13.5. The minimum absolute atomic E-state index is 0.0407. The highest BCUT2D eigenvalue weighted by atomic mass is 19.4. The van der Waals surface area contributed by atoms with Crippen LogP contribution in [-0.2, 0) is 11.0 Å². The number of amides is 1. The van der Waals surface area contributed by atoms with E-state index in [4.69, 9.17) is 0 Å². The molecule has 0 saturated carbocycles. The third-order valence-electron chi connectivity index (χ3n) is 4.92. The van der Waals surface area contributed by atoms with Crippen LogP contribution in [-0.4, -0.2) is 33.4 Å². The van der Waals surface area contributed by atoms with Crippen LogP contribution in [0.15, 0.2) is 36.8 Å². The van der Waals surface area contributed by atoms with Gasteiger partial charge in [0.05, 0.1) is 17.6 Å². The topological polar surface area (TPSA) is 38.1 Å². The number of rotatable bonds is 3. The van der Waals surface area contributed by atoms with E-state index in [9.17, 15) is 18.0 Å². The zero-order valence-corrected chi connectivity index (χ0v) is 14.8. The smallest absolute Gasteiger partial charge is 0.341 e. The highest BCUT2D eigenvalue weighted by molar-refractivity contribution is 5.84. The number of aryl methyl sites for hydroxylation is 1. The summed E-state index contributed by atoms with van der Waals surface area (Å²) in [7, 11) is 0. The predicted octanol–water partition coefficient (Wildman–Crippen LogP) is 4.06. The molecule has 1 fully saturated rings. The SMILES string of the molecule is Cc1cn(C(C(=O)N2CCC(C)CC2)c2ccccc2C(F)(F)F)cn1. The third kappa shape index (κ3) is 3.76. The Labute approximate surface area is 150 Å². The average molecular weight is 365 g/mol. The van der Waals surface area contributed by atoms with Crippen molar-refractivity contribution in [2.75, 3.05) is 13.1 Å². The fraction of sp³-hybridized carbons (Fsp3) is 0.474. The lowest BCUT2D eigenvalue weighted by Crippen LogP contribution is -2.42. The summed E-state index contributed by atoms with van der Waals surface area (Å²) in [6, 6.07) is 4.22. The molecular formula is C19H22F3N3O. The lowest BCUT2D eigenvalue weighted by Gasteiger charge is -2.34. The lowest BCUT2D eigenvalue weighted by atomic mass is 9.95. The van der Waals surface area contributed by atoms with Crippen molar-refractivity contribution in [2.24, 2.45) is 5.92 Å². The summed E-state index contributed by atoms with van der Waals surface area (Å²) in [6.45, 7) is 5.00. The molecule has 0 spiro atoms. The highest BCUT2D eigenvalue weighted by Gasteiger charge is 2.39. The van der Waals surface area contributed by atoms with Gasteiger partial charge in [-0.25, -0.2) is 4.98 Å². The molecule has 0 N–H and O–H groups in total. The zero-order valence-electron chi connectivity index (χ0n) is 14.8. The van der Waals surface area contributed by atoms with Crippen LogP contribution in [0.3, 0.4) is 0 Å². The standard InChI is InChI=1S/C19H22F3N3O/c1-13-7-9-24(10-8-13)18(26)17(25-11-14(2)23-12-25)15-5-3-4-6-16(15)19(20,21)22/h3-6,11-13,17H,7-10H2,1-2H3. The molecule has 1 aromatic carbocycles. The van der Waals surface area contributed by atoms with Crippen molar-refractivity contribution in [1.82, 2.24) is 14.5 Å². The van der Waals surface area contributed by atoms with Crippen LogP contribution in [0.4, 0.5) is 13.2 Å². The van der Waals surface area contributed by atoms with Crippen LogP contribution in [0, 0.1) is 12.8 Å². The molecule has 1 saturated heterocycles. The maximum Gasteiger partial charge on any atom is 0.416 e. The van der Waals surface area contributed by atoms with Gasteiger partial charge in [0.1, 0.15) is 6.04 Å². The van der Waals surface area contributed by atoms with Gasteiger partial charge in [-0.1, -0.05) is 25.1 Å². The second-order valence-electron chi connectivity index (χ2n) is 6.96. The molecule has 140 valence electrons. The third-order valence-corrected chi connectivity index (χ3v) is 4.92. The van der Waals surface area contributed by atoms with Crippen molar-refractivity contribution in [1.29, 1.82) is 0 Å². The van der Waals surface area contributed by atoms with Gasteiger partial charge in [-0.15, -0.1) is 0 Å². The number of benzene rings is 1. The van der Waals surface area contributed by atoms with E-state index in [0.29, 0.717) is 24.7 Å². The summed E-state index contributed by atoms with van der Waals surface area (Å²) in [5.41, 5.74) is -0.171. The van der Waals surface area contributed by atoms with Crippen LogP contribution >= 0.6 is 0 Å². The molecule has 3 rings (SSSR count). The van der Waals surface area contributed by atoms with E-state index in [1.807, 2.05) is 0 Å². The van der Waals surface area contributed by atoms with Gasteiger partial charge < -0.3 is 9.47 Å². The van der Waals surface area contributed by atoms with Gasteiger partial charge in [-0.2, -0.15) is 13.2 Å². The van der Waals surface area contributed by atoms with Crippen LogP contribution in [0.5, 0.6) is 0 Å². The molecule has 4 nitrogen and oxygen atoms in total. The predicted molar refractivity (Wildman–Crippen MR) is 91.5 cm³/mol. The van der Waals surface area contributed by atoms with Gasteiger partial charge in [0.2, 0.25) is 5.91 Å². The van der Waals surface area contributed by atoms with Gasteiger partial charge in [-0.3, -0.25) is 4.79 Å². The second kappa shape index (κ2) is 7.13. The average Bonchev–Trinajstić information content (AvgIpc) is 3.01. The first-order valence-corrected chi connectivity index (χ1v) is 8.72. The van der Waals surface area contributed by atoms with E-state index < -0.39 is 17.8 Å². The molecule has 26 heavy (non-hydrogen) atoms. The second-order valence-corrected chi connectivity index (χ2v) is 6.96. The molecule has 7 heteroatoms. The van der Waals surface area contributed by atoms with Crippen LogP contribution < -0.4 is 0 Å². The van der Waals surface area contributed by atoms with Gasteiger partial charge in [-0.05, 0) is 37.3 Å². The number of alkyl halides is 3. The number of carbonyl (C=O) groups is 1. The van der Waals surface area contributed by atoms with E-state index in [1.54, 1.807) is 18.0 Å². The summed E-state index contributed by atoms with van der Waals surface area (Å²) in [5.74, 6) is 0.210. The molecule has 1 unspecified atom stereocenters. The lowest BCUT2D eigenvalue weighted by molar-refractivity contribution is -0.140. The molecule has 1 aliphatic heterocycles. The number of hydrogen-bond acceptors (Lipinski definition) is 2. The van der Waals surface area contributed by atoms with E-state index in [-0.39, 0.29) is 11.5 Å². The number of nitrogens with zero attached hydrogens (tertiary/aromatic N) is 3. The van der Waals surface area contributed by atoms with E-state index in [1.165, 1.54) is 29.1 Å². The molecule has 1 atom stereocenters. The Kier molecular flexibility index (Phi) is 5.07. The Hall–Kier alpha value is -2.31. The molecular weight excluding hydrogens is 343 g/mol. The van der Waals surface area contributed by atoms with Gasteiger partial charge in [0.25, 0.3) is 0 Å². The highest BCUT2D eigenvalue weighted by Crippen LogP contribution is 2.36. The fourth-order valence-electron chi connectivity index (χ4n) is 3.40. The first-order valence-electron chi connectivity index (χ1n) is 8.72. The quantitative estimate of drug-likeness (QED) is 0.823. The van der Waals surface area contributed by atoms with Crippen molar-refractivity contribution in [3.63, 3.8) is 0 Å². The summed E-state index contributed by atoms with van der Waals surface area (Å²) < 4.78 is 42.1. The van der Waals surface area contributed by atoms with Gasteiger partial charge >= 0.3 is 6.18 Å². The number of halogens is 3. The number of aromatic nitrogens is 2. The fourth-order valence-corrected chi connectivity index (χ4v) is 3.40. The monoisotopic (exact) mass is 365 g/mol. The number of imidazole rings is 1. The number of hydrogen-bond donors (Lipinski definition) is 0. The first kappa shape index (κ1) is 18.5. The zero-order chi connectivity index (χ0) is 18.9. The molecule has 1 amide bonds. The number of carbonyl (C=O) groups excluding carboxylic acids is 1. The van der Waals surface area contributed by atoms with Gasteiger partial charge in [0, 0.05) is 19.3 Å². The van der Waals surface area contributed by atoms with Crippen molar-refractivity contribution >= 4 is 5.91 Å². The number of piperidine rings is 1. The summed E-state index contributed by atoms with van der Waals surface area (Å²) in [6.07, 6.45) is 0.242. The molecule has 2 heterocycles. The molecule has 1 aromatic heterocycles. The largest absolute Gasteiger partial charge is 0.416 e. The Morgan fingerprint density at radius 3 is 2.46 bits per heavy atom. The van der Waals surface area contributed by atoms with E-state index in [0.717, 1.165) is 18.9 Å². The Morgan fingerprint density at radius 1 is 1.23 bits per heavy atom. The molecule has 0 aliphatic carbocycles. The summed E-state index contributed by atoms with van der Waals surface area (Å²) >= 11 is 0. The van der Waals surface area contributed by atoms with Crippen molar-refractivity contribution in [3.05, 3.63) is 53.6 Å². The normalized spacial score (nSPS) is 17.3. The van der Waals surface area contributed by atoms with Crippen LogP contribution in [0.1, 0.15) is 42.6 Å². The summed E-state index contributed by atoms with van der Waals surface area (Å²) in [5, 5.41) is 0. The van der Waals surface area contributed by atoms with Crippen LogP contribution in [0.25, 0.3) is 0 Å². The first-order chi connectivity index (χ1) is 12.3. The van der Waals surface area contributed by atoms with E-state index in [2.05, 4.69) is 11.9 Å². The van der Waals surface area contributed by atoms with Crippen molar-refractivity contribution in [3.8, 4) is 0 Å². The minimum atomic E-state index is -4.53. The van der Waals surface area contributed by atoms with Crippen molar-refractivity contribution < 1.29 is 18.0 Å². The minimum Gasteiger partial charge on any atom is -0.341 e. The molecule has 2 aromatic rings. The van der Waals surface area contributed by atoms with Crippen LogP contribution in [0.2, 0.25) is 0 Å². The summed E-state index contributed by atoms with van der Waals surface area (Å²) in [4.78, 5) is 19.0.